The molecule has 0 amide bonds. The first-order valence-corrected chi connectivity index (χ1v) is 4.71. The van der Waals surface area contributed by atoms with Crippen molar-refractivity contribution in [3.8, 4) is 0 Å². The number of halogens is 1. The van der Waals surface area contributed by atoms with Crippen molar-refractivity contribution in [1.82, 2.24) is 0 Å². The van der Waals surface area contributed by atoms with E-state index in [1.165, 1.54) is 5.56 Å². The lowest BCUT2D eigenvalue weighted by Crippen LogP contribution is -2.07. The summed E-state index contributed by atoms with van der Waals surface area (Å²) in [4.78, 5) is 0. The zero-order valence-electron chi connectivity index (χ0n) is 7.96. The molecule has 1 aromatic rings. The van der Waals surface area contributed by atoms with Gasteiger partial charge in [0.25, 0.3) is 0 Å². The van der Waals surface area contributed by atoms with Crippen LogP contribution in [0.15, 0.2) is 24.3 Å². The highest BCUT2D eigenvalue weighted by molar-refractivity contribution is 5.24. The summed E-state index contributed by atoms with van der Waals surface area (Å²) in [6.07, 6.45) is 1.16. The molecule has 0 aliphatic carbocycles. The monoisotopic (exact) mass is 181 g/mol. The minimum atomic E-state index is -1.02. The lowest BCUT2D eigenvalue weighted by molar-refractivity contribution is 0.353. The number of alkyl halides is 1. The number of nitrogens with two attached hydrogens (primary N) is 1. The van der Waals surface area contributed by atoms with Crippen LogP contribution in [0.4, 0.5) is 4.39 Å². The van der Waals surface area contributed by atoms with Gasteiger partial charge in [-0.3, -0.25) is 0 Å². The molecule has 72 valence electrons. The standard InChI is InChI=1S/C11H16FN/c1-2-3-9-4-6-10(7-5-9)11(12)8-13/h4-7,11H,2-3,8,13H2,1H3. The molecule has 0 bridgehead atoms. The summed E-state index contributed by atoms with van der Waals surface area (Å²) in [5.74, 6) is 0. The largest absolute Gasteiger partial charge is 0.327 e. The Kier molecular flexibility index (Phi) is 3.90. The quantitative estimate of drug-likeness (QED) is 0.759. The summed E-state index contributed by atoms with van der Waals surface area (Å²) in [5, 5.41) is 0. The molecular weight excluding hydrogens is 165 g/mol. The van der Waals surface area contributed by atoms with Crippen LogP contribution in [0.3, 0.4) is 0 Å². The summed E-state index contributed by atoms with van der Waals surface area (Å²) < 4.78 is 13.1. The van der Waals surface area contributed by atoms with Gasteiger partial charge in [-0.2, -0.15) is 0 Å². The second-order valence-corrected chi connectivity index (χ2v) is 3.19. The van der Waals surface area contributed by atoms with Crippen LogP contribution >= 0.6 is 0 Å². The van der Waals surface area contributed by atoms with E-state index in [0.717, 1.165) is 12.8 Å². The van der Waals surface area contributed by atoms with Crippen molar-refractivity contribution in [2.75, 3.05) is 6.54 Å². The Bertz CT molecular complexity index is 243. The van der Waals surface area contributed by atoms with Crippen LogP contribution < -0.4 is 5.73 Å². The highest BCUT2D eigenvalue weighted by Crippen LogP contribution is 2.16. The number of rotatable bonds is 4. The molecule has 2 N–H and O–H groups in total. The van der Waals surface area contributed by atoms with Gasteiger partial charge in [0.2, 0.25) is 0 Å². The van der Waals surface area contributed by atoms with Gasteiger partial charge in [-0.1, -0.05) is 37.6 Å². The van der Waals surface area contributed by atoms with E-state index in [9.17, 15) is 4.39 Å². The van der Waals surface area contributed by atoms with Gasteiger partial charge in [-0.15, -0.1) is 0 Å². The maximum absolute atomic E-state index is 13.1. The Morgan fingerprint density at radius 3 is 2.38 bits per heavy atom. The van der Waals surface area contributed by atoms with Gasteiger partial charge in [0.05, 0.1) is 0 Å². The Labute approximate surface area is 78.8 Å². The Morgan fingerprint density at radius 2 is 1.92 bits per heavy atom. The van der Waals surface area contributed by atoms with Gasteiger partial charge in [-0.25, -0.2) is 4.39 Å². The molecule has 0 spiro atoms. The van der Waals surface area contributed by atoms with Crippen molar-refractivity contribution in [1.29, 1.82) is 0 Å². The van der Waals surface area contributed by atoms with E-state index >= 15 is 0 Å². The third kappa shape index (κ3) is 2.81. The predicted octanol–water partition coefficient (Wildman–Crippen LogP) is 2.61. The van der Waals surface area contributed by atoms with Crippen LogP contribution in [-0.2, 0) is 6.42 Å². The molecule has 0 fully saturated rings. The Balaban J connectivity index is 2.69. The normalized spacial score (nSPS) is 12.8. The minimum Gasteiger partial charge on any atom is -0.327 e. The van der Waals surface area contributed by atoms with E-state index < -0.39 is 6.17 Å². The van der Waals surface area contributed by atoms with Crippen LogP contribution in [0.5, 0.6) is 0 Å². The topological polar surface area (TPSA) is 26.0 Å². The third-order valence-electron chi connectivity index (χ3n) is 2.09. The smallest absolute Gasteiger partial charge is 0.137 e. The second-order valence-electron chi connectivity index (χ2n) is 3.19. The van der Waals surface area contributed by atoms with Crippen molar-refractivity contribution in [2.24, 2.45) is 5.73 Å². The molecule has 2 heteroatoms. The zero-order valence-corrected chi connectivity index (χ0v) is 7.96. The molecule has 13 heavy (non-hydrogen) atoms. The van der Waals surface area contributed by atoms with Crippen LogP contribution in [0.2, 0.25) is 0 Å². The van der Waals surface area contributed by atoms with E-state index in [0.29, 0.717) is 5.56 Å². The van der Waals surface area contributed by atoms with Gasteiger partial charge >= 0.3 is 0 Å². The molecule has 0 saturated heterocycles. The van der Waals surface area contributed by atoms with Crippen molar-refractivity contribution >= 4 is 0 Å². The Morgan fingerprint density at radius 1 is 1.31 bits per heavy atom. The second kappa shape index (κ2) is 4.97. The first kappa shape index (κ1) is 10.2. The number of hydrogen-bond acceptors (Lipinski definition) is 1. The van der Waals surface area contributed by atoms with E-state index in [1.54, 1.807) is 0 Å². The summed E-state index contributed by atoms with van der Waals surface area (Å²) in [6.45, 7) is 2.19. The van der Waals surface area contributed by atoms with Crippen LogP contribution in [0.25, 0.3) is 0 Å². The van der Waals surface area contributed by atoms with E-state index in [2.05, 4.69) is 6.92 Å². The fraction of sp³-hybridized carbons (Fsp3) is 0.455. The van der Waals surface area contributed by atoms with Crippen molar-refractivity contribution in [3.05, 3.63) is 35.4 Å². The molecule has 1 nitrogen and oxygen atoms in total. The first-order chi connectivity index (χ1) is 6.27. The van der Waals surface area contributed by atoms with Gasteiger partial charge < -0.3 is 5.73 Å². The summed E-state index contributed by atoms with van der Waals surface area (Å²) in [7, 11) is 0. The maximum Gasteiger partial charge on any atom is 0.137 e. The van der Waals surface area contributed by atoms with E-state index in [-0.39, 0.29) is 6.54 Å². The first-order valence-electron chi connectivity index (χ1n) is 4.71. The van der Waals surface area contributed by atoms with Gasteiger partial charge in [0.1, 0.15) is 6.17 Å². The highest BCUT2D eigenvalue weighted by Gasteiger charge is 2.05. The fourth-order valence-electron chi connectivity index (χ4n) is 1.32. The van der Waals surface area contributed by atoms with Gasteiger partial charge in [0, 0.05) is 6.54 Å². The fourth-order valence-corrected chi connectivity index (χ4v) is 1.32. The molecule has 0 heterocycles. The van der Waals surface area contributed by atoms with Crippen molar-refractivity contribution in [3.63, 3.8) is 0 Å². The maximum atomic E-state index is 13.1. The summed E-state index contributed by atoms with van der Waals surface area (Å²) >= 11 is 0. The molecule has 0 aliphatic rings. The molecule has 0 radical (unpaired) electrons. The van der Waals surface area contributed by atoms with Crippen molar-refractivity contribution < 1.29 is 4.39 Å². The molecular formula is C11H16FN. The van der Waals surface area contributed by atoms with Gasteiger partial charge in [-0.05, 0) is 17.5 Å². The molecule has 1 rings (SSSR count). The molecule has 0 saturated carbocycles. The highest BCUT2D eigenvalue weighted by atomic mass is 19.1. The average molecular weight is 181 g/mol. The predicted molar refractivity (Wildman–Crippen MR) is 53.3 cm³/mol. The third-order valence-corrected chi connectivity index (χ3v) is 2.09. The molecule has 1 aromatic carbocycles. The number of benzene rings is 1. The number of hydrogen-bond donors (Lipinski definition) is 1. The van der Waals surface area contributed by atoms with E-state index in [4.69, 9.17) is 5.73 Å². The van der Waals surface area contributed by atoms with Gasteiger partial charge in [0.15, 0.2) is 0 Å². The van der Waals surface area contributed by atoms with Crippen LogP contribution in [0.1, 0.15) is 30.6 Å². The Hall–Kier alpha value is -0.890. The summed E-state index contributed by atoms with van der Waals surface area (Å²) in [6, 6.07) is 7.59. The molecule has 1 atom stereocenters. The SMILES string of the molecule is CCCc1ccc(C(F)CN)cc1. The zero-order chi connectivity index (χ0) is 9.68. The lowest BCUT2D eigenvalue weighted by atomic mass is 10.1. The summed E-state index contributed by atoms with van der Waals surface area (Å²) in [5.41, 5.74) is 7.17. The minimum absolute atomic E-state index is 0.0626. The van der Waals surface area contributed by atoms with Crippen molar-refractivity contribution in [2.45, 2.75) is 25.9 Å². The van der Waals surface area contributed by atoms with E-state index in [1.807, 2.05) is 24.3 Å². The lowest BCUT2D eigenvalue weighted by Gasteiger charge is -2.06. The molecule has 0 aromatic heterocycles. The average Bonchev–Trinajstić information content (AvgIpc) is 2.18. The molecule has 1 unspecified atom stereocenters. The van der Waals surface area contributed by atoms with Crippen LogP contribution in [0, 0.1) is 0 Å². The molecule has 0 aliphatic heterocycles. The van der Waals surface area contributed by atoms with Crippen LogP contribution in [-0.4, -0.2) is 6.54 Å². The number of aryl methyl sites for hydroxylation is 1.